The molecule has 1 fully saturated rings. The third-order valence-corrected chi connectivity index (χ3v) is 3.28. The summed E-state index contributed by atoms with van der Waals surface area (Å²) < 4.78 is 5.03. The molecule has 1 aliphatic rings. The molecule has 6 heteroatoms. The largest absolute Gasteiger partial charge is 0.497 e. The van der Waals surface area contributed by atoms with Gasteiger partial charge in [0, 0.05) is 4.92 Å². The van der Waals surface area contributed by atoms with E-state index in [1.165, 1.54) is 0 Å². The lowest BCUT2D eigenvalue weighted by atomic mass is 9.95. The second-order valence-corrected chi connectivity index (χ2v) is 4.32. The minimum absolute atomic E-state index is 0.280. The lowest BCUT2D eigenvalue weighted by Gasteiger charge is -2.14. The maximum Gasteiger partial charge on any atom is 0.248 e. The third-order valence-electron chi connectivity index (χ3n) is 3.28. The molecule has 1 saturated heterocycles. The van der Waals surface area contributed by atoms with E-state index in [0.29, 0.717) is 5.75 Å². The van der Waals surface area contributed by atoms with Crippen LogP contribution < -0.4 is 10.1 Å². The molecule has 1 N–H and O–H groups in total. The Labute approximate surface area is 104 Å². The van der Waals surface area contributed by atoms with Crippen LogP contribution in [0.25, 0.3) is 0 Å². The number of hydrogen-bond donors (Lipinski definition) is 1. The van der Waals surface area contributed by atoms with E-state index in [9.17, 15) is 14.9 Å². The molecule has 1 aliphatic heterocycles. The predicted molar refractivity (Wildman–Crippen MR) is 63.8 cm³/mol. The molecule has 1 amide bonds. The van der Waals surface area contributed by atoms with Gasteiger partial charge < -0.3 is 10.1 Å². The number of nitrogens with zero attached hydrogens (tertiary/aromatic N) is 1. The first-order valence-corrected chi connectivity index (χ1v) is 5.62. The van der Waals surface area contributed by atoms with E-state index in [1.807, 2.05) is 0 Å². The molecule has 18 heavy (non-hydrogen) atoms. The van der Waals surface area contributed by atoms with Crippen molar-refractivity contribution in [3.8, 4) is 5.75 Å². The van der Waals surface area contributed by atoms with Crippen LogP contribution in [0.1, 0.15) is 18.5 Å². The molecule has 0 aliphatic carbocycles. The van der Waals surface area contributed by atoms with Crippen molar-refractivity contribution in [1.82, 2.24) is 5.32 Å². The van der Waals surface area contributed by atoms with E-state index in [0.717, 1.165) is 5.56 Å². The summed E-state index contributed by atoms with van der Waals surface area (Å²) in [5.41, 5.74) is 0.718. The Morgan fingerprint density at radius 3 is 2.44 bits per heavy atom. The zero-order chi connectivity index (χ0) is 13.3. The molecule has 2 rings (SSSR count). The number of rotatable bonds is 3. The van der Waals surface area contributed by atoms with Gasteiger partial charge in [0.05, 0.1) is 7.11 Å². The van der Waals surface area contributed by atoms with Gasteiger partial charge in [-0.1, -0.05) is 12.1 Å². The lowest BCUT2D eigenvalue weighted by Crippen LogP contribution is -2.30. The first kappa shape index (κ1) is 12.3. The smallest absolute Gasteiger partial charge is 0.248 e. The number of amides is 1. The van der Waals surface area contributed by atoms with Crippen molar-refractivity contribution < 1.29 is 14.5 Å². The van der Waals surface area contributed by atoms with E-state index in [-0.39, 0.29) is 5.91 Å². The molecule has 1 aromatic carbocycles. The number of nitrogens with one attached hydrogen (secondary N) is 1. The third kappa shape index (κ3) is 2.01. The van der Waals surface area contributed by atoms with Crippen molar-refractivity contribution in [3.05, 3.63) is 39.9 Å². The number of methoxy groups -OCH3 is 1. The minimum atomic E-state index is -0.925. The topological polar surface area (TPSA) is 81.5 Å². The van der Waals surface area contributed by atoms with Gasteiger partial charge in [-0.2, -0.15) is 0 Å². The SMILES string of the molecule is COc1ccc([C@H]2NC(=O)[C@@H](C)[C@@H]2[N+](=O)[O-])cc1. The highest BCUT2D eigenvalue weighted by molar-refractivity contribution is 5.82. The maximum absolute atomic E-state index is 11.6. The molecule has 0 spiro atoms. The van der Waals surface area contributed by atoms with Gasteiger partial charge in [-0.3, -0.25) is 14.9 Å². The molecule has 0 unspecified atom stereocenters. The van der Waals surface area contributed by atoms with Crippen LogP contribution in [0.4, 0.5) is 0 Å². The van der Waals surface area contributed by atoms with Gasteiger partial charge in [0.25, 0.3) is 0 Å². The summed E-state index contributed by atoms with van der Waals surface area (Å²) in [5, 5.41) is 13.7. The molecule has 0 bridgehead atoms. The summed E-state index contributed by atoms with van der Waals surface area (Å²) in [6, 6.07) is 5.42. The zero-order valence-electron chi connectivity index (χ0n) is 10.1. The van der Waals surface area contributed by atoms with Gasteiger partial charge >= 0.3 is 0 Å². The number of ether oxygens (including phenoxy) is 1. The molecule has 1 heterocycles. The monoisotopic (exact) mass is 250 g/mol. The van der Waals surface area contributed by atoms with Crippen LogP contribution in [-0.2, 0) is 4.79 Å². The van der Waals surface area contributed by atoms with Crippen LogP contribution in [0.2, 0.25) is 0 Å². The van der Waals surface area contributed by atoms with E-state index < -0.39 is 22.9 Å². The quantitative estimate of drug-likeness (QED) is 0.644. The van der Waals surface area contributed by atoms with Crippen molar-refractivity contribution in [2.75, 3.05) is 7.11 Å². The van der Waals surface area contributed by atoms with E-state index in [4.69, 9.17) is 4.74 Å². The average molecular weight is 250 g/mol. The van der Waals surface area contributed by atoms with Crippen molar-refractivity contribution >= 4 is 5.91 Å². The number of nitro groups is 1. The van der Waals surface area contributed by atoms with Crippen molar-refractivity contribution in [1.29, 1.82) is 0 Å². The fourth-order valence-electron chi connectivity index (χ4n) is 2.21. The number of carbonyl (C=O) groups excluding carboxylic acids is 1. The highest BCUT2D eigenvalue weighted by atomic mass is 16.6. The van der Waals surface area contributed by atoms with Gasteiger partial charge in [0.2, 0.25) is 11.9 Å². The maximum atomic E-state index is 11.6. The standard InChI is InChI=1S/C12H14N2O4/c1-7-11(14(16)17)10(13-12(7)15)8-3-5-9(18-2)6-4-8/h3-7,10-11H,1-2H3,(H,13,15)/t7-,10+,11-/m0/s1. The van der Waals surface area contributed by atoms with Gasteiger partial charge in [-0.25, -0.2) is 0 Å². The first-order chi connectivity index (χ1) is 8.54. The van der Waals surface area contributed by atoms with Gasteiger partial charge in [0.15, 0.2) is 0 Å². The van der Waals surface area contributed by atoms with Crippen LogP contribution >= 0.6 is 0 Å². The molecule has 0 saturated carbocycles. The summed E-state index contributed by atoms with van der Waals surface area (Å²) in [6.07, 6.45) is 0. The molecule has 0 radical (unpaired) electrons. The Bertz CT molecular complexity index is 471. The normalized spacial score (nSPS) is 26.8. The Hall–Kier alpha value is -2.11. The summed E-state index contributed by atoms with van der Waals surface area (Å²) >= 11 is 0. The van der Waals surface area contributed by atoms with Crippen LogP contribution in [0.3, 0.4) is 0 Å². The molecular weight excluding hydrogens is 236 g/mol. The predicted octanol–water partition coefficient (Wildman–Crippen LogP) is 1.15. The molecule has 1 aromatic rings. The first-order valence-electron chi connectivity index (χ1n) is 5.62. The minimum Gasteiger partial charge on any atom is -0.497 e. The van der Waals surface area contributed by atoms with E-state index in [2.05, 4.69) is 5.32 Å². The van der Waals surface area contributed by atoms with E-state index >= 15 is 0 Å². The Balaban J connectivity index is 2.30. The molecular formula is C12H14N2O4. The second kappa shape index (κ2) is 4.64. The van der Waals surface area contributed by atoms with Gasteiger partial charge in [-0.15, -0.1) is 0 Å². The van der Waals surface area contributed by atoms with Crippen LogP contribution in [0.15, 0.2) is 24.3 Å². The van der Waals surface area contributed by atoms with Crippen molar-refractivity contribution in [2.45, 2.75) is 19.0 Å². The van der Waals surface area contributed by atoms with Crippen LogP contribution in [0, 0.1) is 16.0 Å². The summed E-state index contributed by atoms with van der Waals surface area (Å²) in [4.78, 5) is 22.2. The average Bonchev–Trinajstić information content (AvgIpc) is 2.66. The molecule has 3 atom stereocenters. The lowest BCUT2D eigenvalue weighted by molar-refractivity contribution is -0.530. The highest BCUT2D eigenvalue weighted by Crippen LogP contribution is 2.31. The fraction of sp³-hybridized carbons (Fsp3) is 0.417. The van der Waals surface area contributed by atoms with E-state index in [1.54, 1.807) is 38.3 Å². The Kier molecular flexibility index (Phi) is 3.18. The van der Waals surface area contributed by atoms with Crippen molar-refractivity contribution in [3.63, 3.8) is 0 Å². The van der Waals surface area contributed by atoms with Gasteiger partial charge in [0.1, 0.15) is 17.7 Å². The van der Waals surface area contributed by atoms with Crippen LogP contribution in [-0.4, -0.2) is 24.0 Å². The molecule has 6 nitrogen and oxygen atoms in total. The number of hydrogen-bond acceptors (Lipinski definition) is 4. The second-order valence-electron chi connectivity index (χ2n) is 4.32. The number of carbonyl (C=O) groups is 1. The number of benzene rings is 1. The zero-order valence-corrected chi connectivity index (χ0v) is 10.1. The summed E-state index contributed by atoms with van der Waals surface area (Å²) in [6.45, 7) is 1.58. The summed E-state index contributed by atoms with van der Waals surface area (Å²) in [7, 11) is 1.55. The highest BCUT2D eigenvalue weighted by Gasteiger charge is 2.48. The fourth-order valence-corrected chi connectivity index (χ4v) is 2.21. The van der Waals surface area contributed by atoms with Crippen LogP contribution in [0.5, 0.6) is 5.75 Å². The molecule has 0 aromatic heterocycles. The van der Waals surface area contributed by atoms with Gasteiger partial charge in [-0.05, 0) is 24.6 Å². The molecule has 96 valence electrons. The summed E-state index contributed by atoms with van der Waals surface area (Å²) in [5.74, 6) is -0.224. The van der Waals surface area contributed by atoms with Crippen molar-refractivity contribution in [2.24, 2.45) is 5.92 Å². The Morgan fingerprint density at radius 2 is 1.94 bits per heavy atom. The Morgan fingerprint density at radius 1 is 1.33 bits per heavy atom.